The number of aryl methyl sites for hydroxylation is 1. The monoisotopic (exact) mass is 279 g/mol. The Hall–Kier alpha value is -2.04. The average Bonchev–Trinajstić information content (AvgIpc) is 2.44. The normalized spacial score (nSPS) is 10.1. The van der Waals surface area contributed by atoms with Gasteiger partial charge in [-0.25, -0.2) is 0 Å². The number of unbranched alkanes of at least 4 members (excludes halogenated alkanes) is 2. The molecule has 0 unspecified atom stereocenters. The van der Waals surface area contributed by atoms with Crippen molar-refractivity contribution in [2.24, 2.45) is 0 Å². The van der Waals surface area contributed by atoms with Crippen LogP contribution in [0.15, 0.2) is 18.2 Å². The molecular weight excluding hydrogens is 258 g/mol. The first-order chi connectivity index (χ1) is 9.56. The van der Waals surface area contributed by atoms with Crippen LogP contribution in [-0.2, 0) is 9.53 Å². The number of amides is 1. The maximum absolute atomic E-state index is 11.9. The minimum atomic E-state index is -0.279. The van der Waals surface area contributed by atoms with Gasteiger partial charge in [-0.05, 0) is 31.4 Å². The van der Waals surface area contributed by atoms with Gasteiger partial charge in [0.25, 0.3) is 5.91 Å². The van der Waals surface area contributed by atoms with E-state index in [0.717, 1.165) is 19.3 Å². The molecule has 0 aliphatic heterocycles. The van der Waals surface area contributed by atoms with Crippen LogP contribution in [0.1, 0.15) is 41.6 Å². The standard InChI is InChI=1S/C15H21NO4/c1-11-7-6-8-12(14(11)18)15(19)16-10-5-3-4-9-13(17)20-2/h6-8,18H,3-5,9-10H2,1-2H3,(H,16,19). The van der Waals surface area contributed by atoms with Crippen molar-refractivity contribution < 1.29 is 19.4 Å². The summed E-state index contributed by atoms with van der Waals surface area (Å²) in [4.78, 5) is 22.7. The van der Waals surface area contributed by atoms with Crippen molar-refractivity contribution in [1.29, 1.82) is 0 Å². The summed E-state index contributed by atoms with van der Waals surface area (Å²) in [5.74, 6) is -0.464. The molecule has 0 radical (unpaired) electrons. The van der Waals surface area contributed by atoms with Gasteiger partial charge >= 0.3 is 5.97 Å². The van der Waals surface area contributed by atoms with E-state index in [1.807, 2.05) is 0 Å². The Kier molecular flexibility index (Phi) is 6.56. The van der Waals surface area contributed by atoms with Gasteiger partial charge in [0, 0.05) is 13.0 Å². The smallest absolute Gasteiger partial charge is 0.305 e. The first-order valence-corrected chi connectivity index (χ1v) is 6.70. The first kappa shape index (κ1) is 16.0. The molecule has 1 aromatic carbocycles. The van der Waals surface area contributed by atoms with Crippen LogP contribution in [0, 0.1) is 6.92 Å². The van der Waals surface area contributed by atoms with E-state index in [0.29, 0.717) is 24.1 Å². The number of aromatic hydroxyl groups is 1. The van der Waals surface area contributed by atoms with Crippen LogP contribution in [0.25, 0.3) is 0 Å². The molecule has 5 heteroatoms. The summed E-state index contributed by atoms with van der Waals surface area (Å²) >= 11 is 0. The number of hydrogen-bond acceptors (Lipinski definition) is 4. The number of phenols is 1. The Bertz CT molecular complexity index is 471. The minimum Gasteiger partial charge on any atom is -0.507 e. The van der Waals surface area contributed by atoms with Gasteiger partial charge in [-0.2, -0.15) is 0 Å². The molecular formula is C15H21NO4. The molecule has 0 saturated heterocycles. The third-order valence-electron chi connectivity index (χ3n) is 3.05. The molecule has 1 amide bonds. The second-order valence-electron chi connectivity index (χ2n) is 4.61. The van der Waals surface area contributed by atoms with Gasteiger partial charge in [0.1, 0.15) is 5.75 Å². The lowest BCUT2D eigenvalue weighted by Gasteiger charge is -2.08. The molecule has 0 bridgehead atoms. The molecule has 1 aromatic rings. The molecule has 0 aromatic heterocycles. The highest BCUT2D eigenvalue weighted by atomic mass is 16.5. The highest BCUT2D eigenvalue weighted by molar-refractivity contribution is 5.97. The zero-order chi connectivity index (χ0) is 15.0. The average molecular weight is 279 g/mol. The van der Waals surface area contributed by atoms with Gasteiger partial charge in [0.05, 0.1) is 12.7 Å². The summed E-state index contributed by atoms with van der Waals surface area (Å²) in [6, 6.07) is 5.08. The molecule has 20 heavy (non-hydrogen) atoms. The van der Waals surface area contributed by atoms with E-state index in [1.54, 1.807) is 25.1 Å². The predicted molar refractivity (Wildman–Crippen MR) is 75.7 cm³/mol. The molecule has 0 fully saturated rings. The number of rotatable bonds is 7. The van der Waals surface area contributed by atoms with Crippen molar-refractivity contribution in [2.45, 2.75) is 32.6 Å². The molecule has 2 N–H and O–H groups in total. The number of benzene rings is 1. The van der Waals surface area contributed by atoms with E-state index >= 15 is 0 Å². The Labute approximate surface area is 118 Å². The minimum absolute atomic E-state index is 0.0238. The third-order valence-corrected chi connectivity index (χ3v) is 3.05. The Morgan fingerprint density at radius 2 is 2.00 bits per heavy atom. The van der Waals surface area contributed by atoms with Crippen molar-refractivity contribution in [3.05, 3.63) is 29.3 Å². The molecule has 5 nitrogen and oxygen atoms in total. The number of carbonyl (C=O) groups excluding carboxylic acids is 2. The second-order valence-corrected chi connectivity index (χ2v) is 4.61. The molecule has 1 rings (SSSR count). The number of nitrogens with one attached hydrogen (secondary N) is 1. The summed E-state index contributed by atoms with van der Waals surface area (Å²) in [7, 11) is 1.37. The van der Waals surface area contributed by atoms with Crippen LogP contribution in [0.4, 0.5) is 0 Å². The fourth-order valence-electron chi connectivity index (χ4n) is 1.81. The third kappa shape index (κ3) is 4.91. The molecule has 0 aliphatic rings. The quantitative estimate of drug-likeness (QED) is 0.592. The molecule has 110 valence electrons. The molecule has 0 heterocycles. The summed E-state index contributed by atoms with van der Waals surface area (Å²) in [6.07, 6.45) is 2.78. The van der Waals surface area contributed by atoms with Crippen LogP contribution >= 0.6 is 0 Å². The van der Waals surface area contributed by atoms with E-state index < -0.39 is 0 Å². The molecule has 0 atom stereocenters. The summed E-state index contributed by atoms with van der Waals surface area (Å²) < 4.78 is 4.54. The number of hydrogen-bond donors (Lipinski definition) is 2. The number of ether oxygens (including phenoxy) is 1. The highest BCUT2D eigenvalue weighted by Crippen LogP contribution is 2.20. The predicted octanol–water partition coefficient (Wildman–Crippen LogP) is 2.16. The van der Waals surface area contributed by atoms with E-state index in [9.17, 15) is 14.7 Å². The Morgan fingerprint density at radius 1 is 1.25 bits per heavy atom. The zero-order valence-corrected chi connectivity index (χ0v) is 11.9. The number of phenolic OH excluding ortho intramolecular Hbond substituents is 1. The lowest BCUT2D eigenvalue weighted by molar-refractivity contribution is -0.140. The van der Waals surface area contributed by atoms with E-state index in [2.05, 4.69) is 10.1 Å². The molecule has 0 spiro atoms. The Balaban J connectivity index is 2.27. The van der Waals surface area contributed by atoms with Crippen LogP contribution in [0.5, 0.6) is 5.75 Å². The van der Waals surface area contributed by atoms with Gasteiger partial charge < -0.3 is 15.2 Å². The second kappa shape index (κ2) is 8.19. The molecule has 0 saturated carbocycles. The maximum atomic E-state index is 11.9. The Morgan fingerprint density at radius 3 is 2.70 bits per heavy atom. The lowest BCUT2D eigenvalue weighted by atomic mass is 10.1. The summed E-state index contributed by atoms with van der Waals surface area (Å²) in [5.41, 5.74) is 0.968. The zero-order valence-electron chi connectivity index (χ0n) is 11.9. The fraction of sp³-hybridized carbons (Fsp3) is 0.467. The van der Waals surface area contributed by atoms with Gasteiger partial charge in [-0.15, -0.1) is 0 Å². The number of carbonyl (C=O) groups is 2. The van der Waals surface area contributed by atoms with Gasteiger partial charge in [-0.3, -0.25) is 9.59 Å². The summed E-state index contributed by atoms with van der Waals surface area (Å²) in [6.45, 7) is 2.27. The van der Waals surface area contributed by atoms with Crippen molar-refractivity contribution in [3.63, 3.8) is 0 Å². The first-order valence-electron chi connectivity index (χ1n) is 6.70. The van der Waals surface area contributed by atoms with E-state index in [-0.39, 0.29) is 17.6 Å². The van der Waals surface area contributed by atoms with Gasteiger partial charge in [0.15, 0.2) is 0 Å². The largest absolute Gasteiger partial charge is 0.507 e. The number of methoxy groups -OCH3 is 1. The van der Waals surface area contributed by atoms with Crippen LogP contribution in [0.2, 0.25) is 0 Å². The van der Waals surface area contributed by atoms with Gasteiger partial charge in [-0.1, -0.05) is 18.6 Å². The van der Waals surface area contributed by atoms with E-state index in [1.165, 1.54) is 7.11 Å². The maximum Gasteiger partial charge on any atom is 0.305 e. The SMILES string of the molecule is COC(=O)CCCCCNC(=O)c1cccc(C)c1O. The van der Waals surface area contributed by atoms with Crippen molar-refractivity contribution in [3.8, 4) is 5.75 Å². The number of para-hydroxylation sites is 1. The lowest BCUT2D eigenvalue weighted by Crippen LogP contribution is -2.24. The molecule has 0 aliphatic carbocycles. The number of esters is 1. The summed E-state index contributed by atoms with van der Waals surface area (Å²) in [5, 5.41) is 12.5. The topological polar surface area (TPSA) is 75.6 Å². The van der Waals surface area contributed by atoms with Crippen molar-refractivity contribution >= 4 is 11.9 Å². The van der Waals surface area contributed by atoms with Crippen molar-refractivity contribution in [2.75, 3.05) is 13.7 Å². The van der Waals surface area contributed by atoms with Crippen LogP contribution < -0.4 is 5.32 Å². The van der Waals surface area contributed by atoms with Gasteiger partial charge in [0.2, 0.25) is 0 Å². The van der Waals surface area contributed by atoms with Crippen molar-refractivity contribution in [1.82, 2.24) is 5.32 Å². The van der Waals surface area contributed by atoms with Crippen LogP contribution in [0.3, 0.4) is 0 Å². The highest BCUT2D eigenvalue weighted by Gasteiger charge is 2.11. The van der Waals surface area contributed by atoms with E-state index in [4.69, 9.17) is 0 Å². The van der Waals surface area contributed by atoms with Crippen LogP contribution in [-0.4, -0.2) is 30.6 Å². The fourth-order valence-corrected chi connectivity index (χ4v) is 1.81.